The van der Waals surface area contributed by atoms with Gasteiger partial charge in [-0.3, -0.25) is 0 Å². The minimum atomic E-state index is -1.69. The van der Waals surface area contributed by atoms with Gasteiger partial charge in [-0.05, 0) is 66.7 Å². The monoisotopic (exact) mass is 420 g/mol. The molecule has 0 aliphatic heterocycles. The van der Waals surface area contributed by atoms with Crippen molar-refractivity contribution in [2.75, 3.05) is 0 Å². The molecular weight excluding hydrogens is 398 g/mol. The van der Waals surface area contributed by atoms with Gasteiger partial charge in [0, 0.05) is 0 Å². The maximum Gasteiger partial charge on any atom is 0.191 e. The van der Waals surface area contributed by atoms with E-state index in [4.69, 9.17) is 9.16 Å². The van der Waals surface area contributed by atoms with Crippen LogP contribution in [0.1, 0.15) is 19.3 Å². The van der Waals surface area contributed by atoms with E-state index in [1.165, 1.54) is 12.1 Å². The third-order valence-corrected chi connectivity index (χ3v) is 6.33. The predicted octanol–water partition coefficient (Wildman–Crippen LogP) is 5.30. The van der Waals surface area contributed by atoms with Crippen LogP contribution in [0, 0.1) is 5.82 Å². The van der Waals surface area contributed by atoms with Crippen molar-refractivity contribution in [3.8, 4) is 5.75 Å². The normalized spacial score (nSPS) is 22.9. The summed E-state index contributed by atoms with van der Waals surface area (Å²) in [7, 11) is -1.69. The first kappa shape index (κ1) is 17.0. The number of rotatable bonds is 6. The van der Waals surface area contributed by atoms with Gasteiger partial charge in [-0.25, -0.2) is 4.39 Å². The second kappa shape index (κ2) is 7.74. The van der Waals surface area contributed by atoms with Crippen molar-refractivity contribution < 1.29 is 13.6 Å². The molecule has 0 bridgehead atoms. The third-order valence-electron chi connectivity index (χ3n) is 3.66. The highest BCUT2D eigenvalue weighted by molar-refractivity contribution is 14.1. The molecule has 21 heavy (non-hydrogen) atoms. The molecule has 1 saturated carbocycles. The van der Waals surface area contributed by atoms with Gasteiger partial charge in [0.15, 0.2) is 8.32 Å². The van der Waals surface area contributed by atoms with E-state index in [-0.39, 0.29) is 18.0 Å². The molecule has 116 valence electrons. The van der Waals surface area contributed by atoms with Gasteiger partial charge in [0.2, 0.25) is 0 Å². The Labute approximate surface area is 141 Å². The van der Waals surface area contributed by atoms with Gasteiger partial charge in [0.05, 0.1) is 6.10 Å². The maximum absolute atomic E-state index is 12.9. The number of halogens is 2. The zero-order chi connectivity index (χ0) is 15.3. The second-order valence-electron chi connectivity index (χ2n) is 6.02. The topological polar surface area (TPSA) is 18.5 Å². The van der Waals surface area contributed by atoms with E-state index in [1.54, 1.807) is 12.1 Å². The minimum Gasteiger partial charge on any atom is -0.488 e. The van der Waals surface area contributed by atoms with Crippen molar-refractivity contribution in [3.05, 3.63) is 40.2 Å². The van der Waals surface area contributed by atoms with Crippen molar-refractivity contribution in [2.24, 2.45) is 0 Å². The molecule has 0 aromatic heterocycles. The SMILES string of the molecule is C[Si](C)(CC=CI)OC1CCCC1Oc1ccc(F)cc1. The molecule has 0 spiro atoms. The molecule has 1 aromatic carbocycles. The lowest BCUT2D eigenvalue weighted by Gasteiger charge is -2.30. The van der Waals surface area contributed by atoms with Gasteiger partial charge in [0.1, 0.15) is 17.7 Å². The fourth-order valence-electron chi connectivity index (χ4n) is 2.64. The van der Waals surface area contributed by atoms with Crippen molar-refractivity contribution >= 4 is 30.9 Å². The van der Waals surface area contributed by atoms with Gasteiger partial charge >= 0.3 is 0 Å². The van der Waals surface area contributed by atoms with Crippen LogP contribution < -0.4 is 4.74 Å². The van der Waals surface area contributed by atoms with E-state index < -0.39 is 8.32 Å². The number of allylic oxidation sites excluding steroid dienone is 1. The molecule has 0 saturated heterocycles. The van der Waals surface area contributed by atoms with E-state index in [2.05, 4.69) is 45.8 Å². The highest BCUT2D eigenvalue weighted by Crippen LogP contribution is 2.30. The molecule has 2 nitrogen and oxygen atoms in total. The third kappa shape index (κ3) is 5.38. The number of hydrogen-bond donors (Lipinski definition) is 0. The number of ether oxygens (including phenoxy) is 1. The molecule has 0 N–H and O–H groups in total. The van der Waals surface area contributed by atoms with Crippen molar-refractivity contribution in [2.45, 2.75) is 50.6 Å². The fourth-order valence-corrected chi connectivity index (χ4v) is 5.24. The van der Waals surface area contributed by atoms with Crippen LogP contribution in [-0.2, 0) is 4.43 Å². The molecule has 2 rings (SSSR count). The lowest BCUT2D eigenvalue weighted by Crippen LogP contribution is -2.40. The first-order valence-electron chi connectivity index (χ1n) is 7.35. The molecular formula is C16H22FIO2Si. The fraction of sp³-hybridized carbons (Fsp3) is 0.500. The zero-order valence-electron chi connectivity index (χ0n) is 12.5. The van der Waals surface area contributed by atoms with Gasteiger partial charge in [-0.15, -0.1) is 0 Å². The summed E-state index contributed by atoms with van der Waals surface area (Å²) in [6, 6.07) is 7.27. The van der Waals surface area contributed by atoms with Crippen LogP contribution in [0.3, 0.4) is 0 Å². The summed E-state index contributed by atoms with van der Waals surface area (Å²) < 4.78 is 27.4. The molecule has 1 aromatic rings. The first-order chi connectivity index (χ1) is 10.00. The minimum absolute atomic E-state index is 0.0887. The van der Waals surface area contributed by atoms with Crippen molar-refractivity contribution in [1.82, 2.24) is 0 Å². The van der Waals surface area contributed by atoms with E-state index in [9.17, 15) is 4.39 Å². The smallest absolute Gasteiger partial charge is 0.191 e. The van der Waals surface area contributed by atoms with Gasteiger partial charge in [-0.1, -0.05) is 28.7 Å². The zero-order valence-corrected chi connectivity index (χ0v) is 15.7. The summed E-state index contributed by atoms with van der Waals surface area (Å²) >= 11 is 2.24. The van der Waals surface area contributed by atoms with Crippen LogP contribution in [0.4, 0.5) is 4.39 Å². The highest BCUT2D eigenvalue weighted by Gasteiger charge is 2.35. The molecule has 1 aliphatic rings. The van der Waals surface area contributed by atoms with E-state index in [0.29, 0.717) is 0 Å². The Hall–Kier alpha value is -0.403. The van der Waals surface area contributed by atoms with Crippen LogP contribution in [0.5, 0.6) is 5.75 Å². The summed E-state index contributed by atoms with van der Waals surface area (Å²) in [5.41, 5.74) is 0. The Morgan fingerprint density at radius 1 is 1.24 bits per heavy atom. The highest BCUT2D eigenvalue weighted by atomic mass is 127. The Morgan fingerprint density at radius 2 is 1.90 bits per heavy atom. The van der Waals surface area contributed by atoms with E-state index >= 15 is 0 Å². The molecule has 1 aliphatic carbocycles. The van der Waals surface area contributed by atoms with E-state index in [1.807, 2.05) is 0 Å². The Bertz CT molecular complexity index is 476. The first-order valence-corrected chi connectivity index (χ1v) is 11.7. The van der Waals surface area contributed by atoms with Crippen LogP contribution in [-0.4, -0.2) is 20.5 Å². The van der Waals surface area contributed by atoms with Crippen LogP contribution in [0.25, 0.3) is 0 Å². The quantitative estimate of drug-likeness (QED) is 0.460. The van der Waals surface area contributed by atoms with Crippen LogP contribution >= 0.6 is 22.6 Å². The predicted molar refractivity (Wildman–Crippen MR) is 95.0 cm³/mol. The Balaban J connectivity index is 1.95. The molecule has 1 fully saturated rings. The molecule has 0 radical (unpaired) electrons. The largest absolute Gasteiger partial charge is 0.488 e. The molecule has 5 heteroatoms. The van der Waals surface area contributed by atoms with Gasteiger partial charge in [-0.2, -0.15) is 0 Å². The summed E-state index contributed by atoms with van der Waals surface area (Å²) in [5, 5.41) is 0. The lowest BCUT2D eigenvalue weighted by molar-refractivity contribution is 0.0721. The molecule has 2 atom stereocenters. The van der Waals surface area contributed by atoms with Crippen molar-refractivity contribution in [3.63, 3.8) is 0 Å². The maximum atomic E-state index is 12.9. The van der Waals surface area contributed by atoms with Gasteiger partial charge in [0.25, 0.3) is 0 Å². The molecule has 0 heterocycles. The van der Waals surface area contributed by atoms with Gasteiger partial charge < -0.3 is 9.16 Å². The summed E-state index contributed by atoms with van der Waals surface area (Å²) in [4.78, 5) is 0. The average molecular weight is 420 g/mol. The average Bonchev–Trinajstić information content (AvgIpc) is 2.86. The van der Waals surface area contributed by atoms with Crippen LogP contribution in [0.15, 0.2) is 34.4 Å². The Kier molecular flexibility index (Phi) is 6.25. The summed E-state index contributed by atoms with van der Waals surface area (Å²) in [5.74, 6) is 0.490. The second-order valence-corrected chi connectivity index (χ2v) is 10.9. The number of hydrogen-bond acceptors (Lipinski definition) is 2. The molecule has 2 unspecified atom stereocenters. The summed E-state index contributed by atoms with van der Waals surface area (Å²) in [6.45, 7) is 4.49. The van der Waals surface area contributed by atoms with Crippen LogP contribution in [0.2, 0.25) is 19.1 Å². The summed E-state index contributed by atoms with van der Waals surface area (Å²) in [6.07, 6.45) is 5.62. The molecule has 0 amide bonds. The number of benzene rings is 1. The van der Waals surface area contributed by atoms with E-state index in [0.717, 1.165) is 31.1 Å². The standard InChI is InChI=1S/C16H22FIO2Si/c1-21(2,12-4-11-18)20-16-6-3-5-15(16)19-14-9-7-13(17)8-10-14/h4,7-11,15-16H,3,5-6,12H2,1-2H3. The lowest BCUT2D eigenvalue weighted by atomic mass is 10.2. The Morgan fingerprint density at radius 3 is 2.57 bits per heavy atom. The van der Waals surface area contributed by atoms with Crippen molar-refractivity contribution in [1.29, 1.82) is 0 Å².